The van der Waals surface area contributed by atoms with Gasteiger partial charge in [-0.3, -0.25) is 9.59 Å². The minimum Gasteiger partial charge on any atom is -0.481 e. The minimum atomic E-state index is -4.60. The number of alkyl halides is 3. The molecule has 5 aliphatic rings. The lowest BCUT2D eigenvalue weighted by Gasteiger charge is -2.65. The van der Waals surface area contributed by atoms with Crippen molar-refractivity contribution in [2.24, 2.45) is 34.0 Å². The topological polar surface area (TPSA) is 57.6 Å². The number of halogens is 3. The third-order valence-electron chi connectivity index (χ3n) is 7.42. The van der Waals surface area contributed by atoms with Crippen molar-refractivity contribution in [3.8, 4) is 0 Å². The molecule has 5 rings (SSSR count). The molecule has 1 heterocycles. The maximum atomic E-state index is 13.4. The number of amides is 1. The number of carbonyl (C=O) groups excluding carboxylic acids is 1. The molecule has 4 aliphatic carbocycles. The molecule has 146 valence electrons. The van der Waals surface area contributed by atoms with E-state index in [1.54, 1.807) is 0 Å². The molecule has 0 aromatic heterocycles. The van der Waals surface area contributed by atoms with E-state index in [2.05, 4.69) is 13.8 Å². The van der Waals surface area contributed by atoms with Crippen LogP contribution in [0.1, 0.15) is 52.4 Å². The quantitative estimate of drug-likeness (QED) is 0.803. The van der Waals surface area contributed by atoms with Crippen molar-refractivity contribution in [3.63, 3.8) is 0 Å². The lowest BCUT2D eigenvalue weighted by molar-refractivity contribution is -0.190. The number of carboxylic acids is 1. The van der Waals surface area contributed by atoms with E-state index in [0.29, 0.717) is 5.92 Å². The van der Waals surface area contributed by atoms with Crippen LogP contribution in [0.5, 0.6) is 0 Å². The Hall–Kier alpha value is -1.27. The van der Waals surface area contributed by atoms with E-state index in [0.717, 1.165) is 38.5 Å². The van der Waals surface area contributed by atoms with Crippen LogP contribution in [0.4, 0.5) is 13.2 Å². The van der Waals surface area contributed by atoms with E-state index in [4.69, 9.17) is 0 Å². The van der Waals surface area contributed by atoms with Gasteiger partial charge in [0.25, 0.3) is 0 Å². The molecule has 4 nitrogen and oxygen atoms in total. The zero-order valence-electron chi connectivity index (χ0n) is 15.2. The molecule has 0 aromatic rings. The third kappa shape index (κ3) is 2.64. The summed E-state index contributed by atoms with van der Waals surface area (Å²) in [6.07, 6.45) is 0.890. The predicted molar refractivity (Wildman–Crippen MR) is 87.1 cm³/mol. The number of likely N-dealkylation sites (tertiary alicyclic amines) is 1. The molecule has 0 radical (unpaired) electrons. The highest BCUT2D eigenvalue weighted by molar-refractivity contribution is 5.85. The minimum absolute atomic E-state index is 0.0825. The average Bonchev–Trinajstić information content (AvgIpc) is 2.87. The van der Waals surface area contributed by atoms with Gasteiger partial charge < -0.3 is 10.0 Å². The van der Waals surface area contributed by atoms with Crippen molar-refractivity contribution < 1.29 is 27.9 Å². The van der Waals surface area contributed by atoms with Crippen LogP contribution in [-0.4, -0.2) is 41.1 Å². The summed E-state index contributed by atoms with van der Waals surface area (Å²) in [4.78, 5) is 25.9. The highest BCUT2D eigenvalue weighted by atomic mass is 19.4. The fraction of sp³-hybridized carbons (Fsp3) is 0.895. The van der Waals surface area contributed by atoms with Crippen LogP contribution in [0.15, 0.2) is 0 Å². The summed E-state index contributed by atoms with van der Waals surface area (Å²) in [5.74, 6) is -4.76. The molecule has 5 fully saturated rings. The Labute approximate surface area is 151 Å². The monoisotopic (exact) mass is 373 g/mol. The highest BCUT2D eigenvalue weighted by Gasteiger charge is 2.64. The lowest BCUT2D eigenvalue weighted by atomic mass is 9.40. The van der Waals surface area contributed by atoms with E-state index >= 15 is 0 Å². The Morgan fingerprint density at radius 3 is 2.00 bits per heavy atom. The lowest BCUT2D eigenvalue weighted by Crippen LogP contribution is -2.60. The molecular formula is C19H26F3NO3. The molecule has 26 heavy (non-hydrogen) atoms. The molecule has 1 aliphatic heterocycles. The number of carbonyl (C=O) groups is 2. The molecule has 0 spiro atoms. The number of nitrogens with zero attached hydrogens (tertiary/aromatic N) is 1. The van der Waals surface area contributed by atoms with E-state index < -0.39 is 35.9 Å². The molecule has 4 bridgehead atoms. The predicted octanol–water partition coefficient (Wildman–Crippen LogP) is 3.70. The Balaban J connectivity index is 1.61. The molecule has 7 heteroatoms. The number of carboxylic acid groups (broad SMARTS) is 1. The van der Waals surface area contributed by atoms with Gasteiger partial charge in [0.05, 0.1) is 17.3 Å². The molecule has 0 aromatic carbocycles. The van der Waals surface area contributed by atoms with Gasteiger partial charge >= 0.3 is 12.1 Å². The van der Waals surface area contributed by atoms with Crippen LogP contribution in [-0.2, 0) is 9.59 Å². The smallest absolute Gasteiger partial charge is 0.394 e. The second-order valence-electron chi connectivity index (χ2n) is 10.2. The second kappa shape index (κ2) is 5.16. The number of hydrogen-bond acceptors (Lipinski definition) is 2. The summed E-state index contributed by atoms with van der Waals surface area (Å²) in [5.41, 5.74) is -0.426. The van der Waals surface area contributed by atoms with E-state index in [1.807, 2.05) is 0 Å². The summed E-state index contributed by atoms with van der Waals surface area (Å²) in [6, 6.07) is 0. The first-order chi connectivity index (χ1) is 11.8. The van der Waals surface area contributed by atoms with Gasteiger partial charge in [0.2, 0.25) is 5.91 Å². The first kappa shape index (κ1) is 18.1. The normalized spacial score (nSPS) is 47.4. The SMILES string of the molecule is CC12CC3CC(C)(C1)CC(C(=O)N1C[C@@H](C(F)(F)F)[C@H](C(=O)O)C1)(C3)C2. The van der Waals surface area contributed by atoms with Crippen LogP contribution in [0.3, 0.4) is 0 Å². The van der Waals surface area contributed by atoms with Crippen molar-refractivity contribution in [1.82, 2.24) is 4.90 Å². The van der Waals surface area contributed by atoms with E-state index in [9.17, 15) is 27.9 Å². The molecule has 1 N–H and O–H groups in total. The third-order valence-corrected chi connectivity index (χ3v) is 7.42. The first-order valence-electron chi connectivity index (χ1n) is 9.44. The number of hydrogen-bond donors (Lipinski definition) is 1. The molecule has 4 saturated carbocycles. The number of aliphatic carboxylic acids is 1. The van der Waals surface area contributed by atoms with Crippen LogP contribution in [0.2, 0.25) is 0 Å². The molecule has 1 saturated heterocycles. The fourth-order valence-corrected chi connectivity index (χ4v) is 7.57. The average molecular weight is 373 g/mol. The van der Waals surface area contributed by atoms with Gasteiger partial charge in [0.1, 0.15) is 0 Å². The highest BCUT2D eigenvalue weighted by Crippen LogP contribution is 2.70. The van der Waals surface area contributed by atoms with Crippen LogP contribution in [0, 0.1) is 34.0 Å². The van der Waals surface area contributed by atoms with Crippen molar-refractivity contribution in [2.75, 3.05) is 13.1 Å². The zero-order chi connectivity index (χ0) is 19.1. The van der Waals surface area contributed by atoms with Crippen LogP contribution >= 0.6 is 0 Å². The van der Waals surface area contributed by atoms with Crippen molar-refractivity contribution in [1.29, 1.82) is 0 Å². The maximum absolute atomic E-state index is 13.4. The summed E-state index contributed by atoms with van der Waals surface area (Å²) in [6.45, 7) is 3.58. The molecule has 1 amide bonds. The molecule has 4 atom stereocenters. The van der Waals surface area contributed by atoms with Gasteiger partial charge in [0.15, 0.2) is 0 Å². The van der Waals surface area contributed by atoms with Gasteiger partial charge in [-0.05, 0) is 55.3 Å². The van der Waals surface area contributed by atoms with Gasteiger partial charge in [-0.15, -0.1) is 0 Å². The Morgan fingerprint density at radius 1 is 1.00 bits per heavy atom. The molecule has 2 unspecified atom stereocenters. The Bertz CT molecular complexity index is 643. The van der Waals surface area contributed by atoms with Crippen molar-refractivity contribution in [2.45, 2.75) is 58.5 Å². The first-order valence-corrected chi connectivity index (χ1v) is 9.44. The van der Waals surface area contributed by atoms with Crippen molar-refractivity contribution >= 4 is 11.9 Å². The van der Waals surface area contributed by atoms with Crippen LogP contribution in [0.25, 0.3) is 0 Å². The van der Waals surface area contributed by atoms with Gasteiger partial charge in [0, 0.05) is 13.1 Å². The molecular weight excluding hydrogens is 347 g/mol. The number of rotatable bonds is 2. The Kier molecular flexibility index (Phi) is 3.60. The summed E-state index contributed by atoms with van der Waals surface area (Å²) in [7, 11) is 0. The van der Waals surface area contributed by atoms with E-state index in [-0.39, 0.29) is 23.3 Å². The zero-order valence-corrected chi connectivity index (χ0v) is 15.2. The maximum Gasteiger partial charge on any atom is 0.394 e. The largest absolute Gasteiger partial charge is 0.481 e. The summed E-state index contributed by atoms with van der Waals surface area (Å²) >= 11 is 0. The Morgan fingerprint density at radius 2 is 1.58 bits per heavy atom. The summed E-state index contributed by atoms with van der Waals surface area (Å²) < 4.78 is 39.9. The van der Waals surface area contributed by atoms with Gasteiger partial charge in [-0.1, -0.05) is 13.8 Å². The van der Waals surface area contributed by atoms with Gasteiger partial charge in [-0.25, -0.2) is 0 Å². The second-order valence-corrected chi connectivity index (χ2v) is 10.2. The fourth-order valence-electron chi connectivity index (χ4n) is 7.57. The van der Waals surface area contributed by atoms with Crippen LogP contribution < -0.4 is 0 Å². The van der Waals surface area contributed by atoms with Gasteiger partial charge in [-0.2, -0.15) is 13.2 Å². The van der Waals surface area contributed by atoms with E-state index in [1.165, 1.54) is 4.90 Å². The summed E-state index contributed by atoms with van der Waals surface area (Å²) in [5, 5.41) is 9.22. The standard InChI is InChI=1S/C19H26F3NO3/c1-16-3-11-4-17(2,8-16)10-18(5-11,9-16)15(26)23-6-12(14(24)25)13(7-23)19(20,21)22/h11-13H,3-10H2,1-2H3,(H,24,25)/t11?,12-,13-,16?,17?,18?/m1/s1. The van der Waals surface area contributed by atoms with Crippen molar-refractivity contribution in [3.05, 3.63) is 0 Å².